The maximum atomic E-state index is 13.8. The molecule has 0 aliphatic heterocycles. The van der Waals surface area contributed by atoms with Gasteiger partial charge in [0.05, 0.1) is 16.8 Å². The number of ether oxygens (including phenoxy) is 1. The van der Waals surface area contributed by atoms with Crippen LogP contribution >= 0.6 is 23.4 Å². The van der Waals surface area contributed by atoms with Gasteiger partial charge in [-0.05, 0) is 31.9 Å². The molecule has 0 aliphatic carbocycles. The van der Waals surface area contributed by atoms with E-state index in [9.17, 15) is 14.0 Å². The molecule has 1 rings (SSSR count). The molecule has 0 bridgehead atoms. The lowest BCUT2D eigenvalue weighted by atomic mass is 10.3. The van der Waals surface area contributed by atoms with Crippen LogP contribution < -0.4 is 5.32 Å². The van der Waals surface area contributed by atoms with E-state index in [1.54, 1.807) is 0 Å². The van der Waals surface area contributed by atoms with Gasteiger partial charge in [0.25, 0.3) is 0 Å². The first kappa shape index (κ1) is 19.8. The molecule has 0 saturated heterocycles. The van der Waals surface area contributed by atoms with E-state index in [0.717, 1.165) is 12.5 Å². The van der Waals surface area contributed by atoms with Crippen molar-refractivity contribution in [3.8, 4) is 0 Å². The predicted molar refractivity (Wildman–Crippen MR) is 91.5 cm³/mol. The fourth-order valence-electron chi connectivity index (χ4n) is 1.71. The van der Waals surface area contributed by atoms with Gasteiger partial charge in [-0.15, -0.1) is 11.8 Å². The van der Waals surface area contributed by atoms with Crippen molar-refractivity contribution in [2.45, 2.75) is 56.8 Å². The molecule has 0 aliphatic rings. The number of amides is 1. The van der Waals surface area contributed by atoms with Crippen molar-refractivity contribution in [2.24, 2.45) is 0 Å². The first-order chi connectivity index (χ1) is 10.8. The largest absolute Gasteiger partial charge is 0.462 e. The van der Waals surface area contributed by atoms with Gasteiger partial charge in [0.1, 0.15) is 11.1 Å². The van der Waals surface area contributed by atoms with Crippen LogP contribution in [-0.2, 0) is 14.3 Å². The Labute approximate surface area is 145 Å². The third kappa shape index (κ3) is 6.03. The van der Waals surface area contributed by atoms with Crippen molar-refractivity contribution in [1.82, 2.24) is 0 Å². The van der Waals surface area contributed by atoms with Crippen LogP contribution in [0.2, 0.25) is 5.02 Å². The predicted octanol–water partition coefficient (Wildman–Crippen LogP) is 4.65. The normalized spacial score (nSPS) is 13.3. The summed E-state index contributed by atoms with van der Waals surface area (Å²) in [5.41, 5.74) is 0.0366. The summed E-state index contributed by atoms with van der Waals surface area (Å²) in [4.78, 5) is 23.8. The summed E-state index contributed by atoms with van der Waals surface area (Å²) in [5.74, 6) is -1.33. The molecule has 7 heteroatoms. The molecule has 0 saturated carbocycles. The van der Waals surface area contributed by atoms with Crippen molar-refractivity contribution in [1.29, 1.82) is 0 Å². The highest BCUT2D eigenvalue weighted by Gasteiger charge is 2.23. The Morgan fingerprint density at radius 1 is 1.35 bits per heavy atom. The highest BCUT2D eigenvalue weighted by atomic mass is 35.5. The summed E-state index contributed by atoms with van der Waals surface area (Å²) in [5, 5.41) is 2.14. The monoisotopic (exact) mass is 361 g/mol. The molecule has 4 nitrogen and oxygen atoms in total. The van der Waals surface area contributed by atoms with Gasteiger partial charge in [0.15, 0.2) is 0 Å². The number of rotatable bonds is 7. The Bertz CT molecular complexity index is 583. The molecule has 128 valence electrons. The Morgan fingerprint density at radius 3 is 2.52 bits per heavy atom. The number of carbonyl (C=O) groups excluding carboxylic acids is 2. The molecule has 2 atom stereocenters. The van der Waals surface area contributed by atoms with Gasteiger partial charge in [0.2, 0.25) is 5.91 Å². The van der Waals surface area contributed by atoms with Gasteiger partial charge in [0, 0.05) is 11.8 Å². The smallest absolute Gasteiger partial charge is 0.319 e. The molecule has 0 fully saturated rings. The highest BCUT2D eigenvalue weighted by Crippen LogP contribution is 2.36. The van der Waals surface area contributed by atoms with Gasteiger partial charge < -0.3 is 10.1 Å². The van der Waals surface area contributed by atoms with E-state index in [1.807, 2.05) is 20.8 Å². The minimum absolute atomic E-state index is 0.0366. The van der Waals surface area contributed by atoms with Crippen LogP contribution in [0.15, 0.2) is 17.0 Å². The van der Waals surface area contributed by atoms with Crippen molar-refractivity contribution in [2.75, 3.05) is 5.32 Å². The van der Waals surface area contributed by atoms with Gasteiger partial charge >= 0.3 is 5.97 Å². The standard InChI is InChI=1S/C16H21ClFNO3S/c1-5-9(3)22-16(21)14(6-2)23-15-8-13(19-10(4)20)12(18)7-11(15)17/h7-9,14H,5-6H2,1-4H3,(H,19,20). The lowest BCUT2D eigenvalue weighted by Gasteiger charge is -2.18. The van der Waals surface area contributed by atoms with Crippen LogP contribution in [0.25, 0.3) is 0 Å². The molecule has 0 radical (unpaired) electrons. The molecule has 1 N–H and O–H groups in total. The Hall–Kier alpha value is -1.27. The summed E-state index contributed by atoms with van der Waals surface area (Å²) in [6, 6.07) is 2.56. The summed E-state index contributed by atoms with van der Waals surface area (Å²) < 4.78 is 19.1. The SMILES string of the molecule is CCC(C)OC(=O)C(CC)Sc1cc(NC(C)=O)c(F)cc1Cl. The first-order valence-electron chi connectivity index (χ1n) is 7.42. The minimum atomic E-state index is -0.621. The van der Waals surface area contributed by atoms with Crippen molar-refractivity contribution in [3.05, 3.63) is 23.0 Å². The number of hydrogen-bond donors (Lipinski definition) is 1. The van der Waals surface area contributed by atoms with Crippen LogP contribution in [0.5, 0.6) is 0 Å². The lowest BCUT2D eigenvalue weighted by molar-refractivity contribution is -0.147. The summed E-state index contributed by atoms with van der Waals surface area (Å²) in [7, 11) is 0. The zero-order valence-electron chi connectivity index (χ0n) is 13.6. The molecule has 1 aromatic carbocycles. The van der Waals surface area contributed by atoms with Crippen LogP contribution in [0.4, 0.5) is 10.1 Å². The van der Waals surface area contributed by atoms with Crippen molar-refractivity contribution >= 4 is 40.9 Å². The molecule has 0 heterocycles. The fourth-order valence-corrected chi connectivity index (χ4v) is 2.98. The quantitative estimate of drug-likeness (QED) is 0.567. The second-order valence-corrected chi connectivity index (χ2v) is 6.77. The van der Waals surface area contributed by atoms with Gasteiger partial charge in [-0.1, -0.05) is 25.4 Å². The first-order valence-corrected chi connectivity index (χ1v) is 8.67. The Morgan fingerprint density at radius 2 is 2.00 bits per heavy atom. The molecule has 2 unspecified atom stereocenters. The third-order valence-corrected chi connectivity index (χ3v) is 4.95. The van der Waals surface area contributed by atoms with E-state index in [4.69, 9.17) is 16.3 Å². The Balaban J connectivity index is 2.96. The number of halogens is 2. The van der Waals surface area contributed by atoms with E-state index in [2.05, 4.69) is 5.32 Å². The third-order valence-electron chi connectivity index (χ3n) is 3.13. The topological polar surface area (TPSA) is 55.4 Å². The van der Waals surface area contributed by atoms with Crippen molar-refractivity contribution in [3.63, 3.8) is 0 Å². The van der Waals surface area contributed by atoms with Gasteiger partial charge in [-0.2, -0.15) is 0 Å². The number of carbonyl (C=O) groups is 2. The maximum absolute atomic E-state index is 13.8. The van der Waals surface area contributed by atoms with Crippen molar-refractivity contribution < 1.29 is 18.7 Å². The summed E-state index contributed by atoms with van der Waals surface area (Å²) in [6.45, 7) is 6.92. The zero-order chi connectivity index (χ0) is 17.6. The van der Waals surface area contributed by atoms with Gasteiger partial charge in [-0.25, -0.2) is 4.39 Å². The minimum Gasteiger partial charge on any atom is -0.462 e. The average Bonchev–Trinajstić information content (AvgIpc) is 2.48. The zero-order valence-corrected chi connectivity index (χ0v) is 15.2. The number of nitrogens with one attached hydrogen (secondary N) is 1. The van der Waals surface area contributed by atoms with E-state index in [0.29, 0.717) is 11.3 Å². The fraction of sp³-hybridized carbons (Fsp3) is 0.500. The lowest BCUT2D eigenvalue weighted by Crippen LogP contribution is -2.24. The molecule has 0 spiro atoms. The van der Waals surface area contributed by atoms with Crippen LogP contribution in [0, 0.1) is 5.82 Å². The average molecular weight is 362 g/mol. The van der Waals surface area contributed by atoms with Crippen LogP contribution in [0.1, 0.15) is 40.5 Å². The Kier molecular flexibility index (Phi) is 7.85. The highest BCUT2D eigenvalue weighted by molar-refractivity contribution is 8.00. The van der Waals surface area contributed by atoms with E-state index >= 15 is 0 Å². The van der Waals surface area contributed by atoms with Crippen LogP contribution in [-0.4, -0.2) is 23.2 Å². The molecule has 23 heavy (non-hydrogen) atoms. The summed E-state index contributed by atoms with van der Waals surface area (Å²) >= 11 is 7.25. The number of benzene rings is 1. The van der Waals surface area contributed by atoms with E-state index in [1.165, 1.54) is 24.8 Å². The molecule has 1 aromatic rings. The number of esters is 1. The summed E-state index contributed by atoms with van der Waals surface area (Å²) in [6.07, 6.45) is 1.12. The number of anilines is 1. The molecule has 1 amide bonds. The van der Waals surface area contributed by atoms with E-state index < -0.39 is 11.1 Å². The maximum Gasteiger partial charge on any atom is 0.319 e. The number of hydrogen-bond acceptors (Lipinski definition) is 4. The van der Waals surface area contributed by atoms with E-state index in [-0.39, 0.29) is 28.7 Å². The molecule has 0 aromatic heterocycles. The molecular formula is C16H21ClFNO3S. The second kappa shape index (κ2) is 9.13. The molecular weight excluding hydrogens is 341 g/mol. The van der Waals surface area contributed by atoms with Crippen LogP contribution in [0.3, 0.4) is 0 Å². The van der Waals surface area contributed by atoms with Gasteiger partial charge in [-0.3, -0.25) is 9.59 Å². The second-order valence-electron chi connectivity index (χ2n) is 5.11. The number of thioether (sulfide) groups is 1.